The van der Waals surface area contributed by atoms with Crippen molar-refractivity contribution in [3.63, 3.8) is 0 Å². The molecule has 0 amide bonds. The van der Waals surface area contributed by atoms with Crippen LogP contribution in [-0.4, -0.2) is 21.5 Å². The van der Waals surface area contributed by atoms with Gasteiger partial charge in [0.1, 0.15) is 11.6 Å². The Labute approximate surface area is 190 Å². The molecule has 7 nitrogen and oxygen atoms in total. The van der Waals surface area contributed by atoms with Crippen LogP contribution < -0.4 is 15.0 Å². The zero-order valence-corrected chi connectivity index (χ0v) is 17.6. The van der Waals surface area contributed by atoms with Gasteiger partial charge in [0.15, 0.2) is 0 Å². The molecule has 162 valence electrons. The second-order valence-electron chi connectivity index (χ2n) is 7.52. The van der Waals surface area contributed by atoms with E-state index >= 15 is 0 Å². The van der Waals surface area contributed by atoms with Crippen LogP contribution >= 0.6 is 0 Å². The molecule has 1 aliphatic rings. The summed E-state index contributed by atoms with van der Waals surface area (Å²) in [6.07, 6.45) is 0.865. The standard InChI is InChI=1S/C25H19FN6O/c26-21-7-3-4-8-22(21)28-23-29-24(32-14-13-18-5-1-2-6-19(18)16-32)31-25(30-23)33-20-11-9-17(15-27)10-12-20/h1-12H,13-14,16H2,(H,28,29,30,31). The molecule has 0 saturated heterocycles. The molecular weight excluding hydrogens is 419 g/mol. The number of nitriles is 1. The molecule has 5 rings (SSSR count). The lowest BCUT2D eigenvalue weighted by molar-refractivity contribution is 0.439. The summed E-state index contributed by atoms with van der Waals surface area (Å²) in [5.74, 6) is 0.669. The maximum Gasteiger partial charge on any atom is 0.328 e. The molecule has 4 aromatic rings. The van der Waals surface area contributed by atoms with E-state index in [1.807, 2.05) is 17.0 Å². The lowest BCUT2D eigenvalue weighted by atomic mass is 10.0. The van der Waals surface area contributed by atoms with Crippen LogP contribution in [0.1, 0.15) is 16.7 Å². The van der Waals surface area contributed by atoms with E-state index in [9.17, 15) is 4.39 Å². The van der Waals surface area contributed by atoms with E-state index in [4.69, 9.17) is 10.00 Å². The first-order valence-corrected chi connectivity index (χ1v) is 10.5. The molecular formula is C25H19FN6O. The number of hydrogen-bond donors (Lipinski definition) is 1. The van der Waals surface area contributed by atoms with Gasteiger partial charge in [-0.3, -0.25) is 0 Å². The molecule has 8 heteroatoms. The van der Waals surface area contributed by atoms with Crippen molar-refractivity contribution in [3.8, 4) is 17.8 Å². The molecule has 0 bridgehead atoms. The Morgan fingerprint density at radius 2 is 1.67 bits per heavy atom. The number of nitrogens with zero attached hydrogens (tertiary/aromatic N) is 5. The lowest BCUT2D eigenvalue weighted by Crippen LogP contribution is -2.32. The number of ether oxygens (including phenoxy) is 1. The van der Waals surface area contributed by atoms with Gasteiger partial charge in [-0.25, -0.2) is 4.39 Å². The van der Waals surface area contributed by atoms with Crippen molar-refractivity contribution in [1.29, 1.82) is 5.26 Å². The predicted octanol–water partition coefficient (Wildman–Crippen LogP) is 4.98. The van der Waals surface area contributed by atoms with E-state index in [2.05, 4.69) is 38.5 Å². The number of nitrogens with one attached hydrogen (secondary N) is 1. The average Bonchev–Trinajstić information content (AvgIpc) is 2.85. The van der Waals surface area contributed by atoms with Crippen LogP contribution in [0.5, 0.6) is 11.8 Å². The normalized spacial score (nSPS) is 12.5. The molecule has 0 spiro atoms. The Bertz CT molecular complexity index is 1340. The summed E-state index contributed by atoms with van der Waals surface area (Å²) in [7, 11) is 0. The zero-order chi connectivity index (χ0) is 22.6. The fourth-order valence-electron chi connectivity index (χ4n) is 3.64. The number of fused-ring (bicyclic) bond motifs is 1. The number of aromatic nitrogens is 3. The van der Waals surface area contributed by atoms with Gasteiger partial charge >= 0.3 is 6.01 Å². The number of rotatable bonds is 5. The number of benzene rings is 3. The van der Waals surface area contributed by atoms with Gasteiger partial charge in [-0.1, -0.05) is 36.4 Å². The topological polar surface area (TPSA) is 87.0 Å². The molecule has 0 fully saturated rings. The second kappa shape index (κ2) is 8.93. The summed E-state index contributed by atoms with van der Waals surface area (Å²) in [5.41, 5.74) is 3.29. The van der Waals surface area contributed by atoms with Crippen molar-refractivity contribution >= 4 is 17.6 Å². The molecule has 0 atom stereocenters. The van der Waals surface area contributed by atoms with Crippen molar-refractivity contribution in [1.82, 2.24) is 15.0 Å². The largest absolute Gasteiger partial charge is 0.424 e. The minimum atomic E-state index is -0.416. The first-order chi connectivity index (χ1) is 16.2. The van der Waals surface area contributed by atoms with Crippen LogP contribution in [0.15, 0.2) is 72.8 Å². The Kier molecular flexibility index (Phi) is 5.52. The van der Waals surface area contributed by atoms with Crippen LogP contribution in [0.3, 0.4) is 0 Å². The maximum atomic E-state index is 14.2. The van der Waals surface area contributed by atoms with Crippen molar-refractivity contribution in [2.24, 2.45) is 0 Å². The molecule has 1 aliphatic heterocycles. The fourth-order valence-corrected chi connectivity index (χ4v) is 3.64. The van der Waals surface area contributed by atoms with Gasteiger partial charge in [-0.2, -0.15) is 20.2 Å². The molecule has 3 aromatic carbocycles. The smallest absolute Gasteiger partial charge is 0.328 e. The van der Waals surface area contributed by atoms with Gasteiger partial charge in [0, 0.05) is 13.1 Å². The highest BCUT2D eigenvalue weighted by Crippen LogP contribution is 2.27. The van der Waals surface area contributed by atoms with Crippen LogP contribution in [0.4, 0.5) is 22.0 Å². The fraction of sp³-hybridized carbons (Fsp3) is 0.120. The van der Waals surface area contributed by atoms with Crippen LogP contribution in [0.25, 0.3) is 0 Å². The summed E-state index contributed by atoms with van der Waals surface area (Å²) in [6.45, 7) is 1.38. The van der Waals surface area contributed by atoms with Crippen LogP contribution in [0, 0.1) is 17.1 Å². The third-order valence-electron chi connectivity index (χ3n) is 5.33. The summed E-state index contributed by atoms with van der Waals surface area (Å²) in [6, 6.07) is 23.4. The van der Waals surface area contributed by atoms with E-state index < -0.39 is 5.82 Å². The number of anilines is 3. The SMILES string of the molecule is N#Cc1ccc(Oc2nc(Nc3ccccc3F)nc(N3CCc4ccccc4C3)n2)cc1. The summed E-state index contributed by atoms with van der Waals surface area (Å²) in [4.78, 5) is 15.4. The highest BCUT2D eigenvalue weighted by molar-refractivity contribution is 5.55. The zero-order valence-electron chi connectivity index (χ0n) is 17.6. The van der Waals surface area contributed by atoms with Crippen LogP contribution in [-0.2, 0) is 13.0 Å². The average molecular weight is 438 g/mol. The Hall–Kier alpha value is -4.51. The van der Waals surface area contributed by atoms with Gasteiger partial charge in [-0.15, -0.1) is 0 Å². The number of hydrogen-bond acceptors (Lipinski definition) is 7. The van der Waals surface area contributed by atoms with Gasteiger partial charge in [0.2, 0.25) is 11.9 Å². The van der Waals surface area contributed by atoms with Gasteiger partial charge in [-0.05, 0) is 53.9 Å². The van der Waals surface area contributed by atoms with Crippen molar-refractivity contribution in [3.05, 3.63) is 95.3 Å². The van der Waals surface area contributed by atoms with Crippen molar-refractivity contribution in [2.45, 2.75) is 13.0 Å². The van der Waals surface area contributed by atoms with Gasteiger partial charge < -0.3 is 15.0 Å². The lowest BCUT2D eigenvalue weighted by Gasteiger charge is -2.29. The maximum absolute atomic E-state index is 14.2. The third-order valence-corrected chi connectivity index (χ3v) is 5.33. The van der Waals surface area contributed by atoms with E-state index in [-0.39, 0.29) is 17.6 Å². The van der Waals surface area contributed by atoms with E-state index in [0.29, 0.717) is 23.8 Å². The Morgan fingerprint density at radius 1 is 0.909 bits per heavy atom. The molecule has 0 unspecified atom stereocenters. The summed E-state index contributed by atoms with van der Waals surface area (Å²) >= 11 is 0. The Morgan fingerprint density at radius 3 is 2.45 bits per heavy atom. The molecule has 0 radical (unpaired) electrons. The first kappa shape index (κ1) is 20.4. The van der Waals surface area contributed by atoms with Gasteiger partial charge in [0.05, 0.1) is 17.3 Å². The minimum Gasteiger partial charge on any atom is -0.424 e. The second-order valence-corrected chi connectivity index (χ2v) is 7.52. The minimum absolute atomic E-state index is 0.0717. The predicted molar refractivity (Wildman–Crippen MR) is 122 cm³/mol. The molecule has 33 heavy (non-hydrogen) atoms. The summed E-state index contributed by atoms with van der Waals surface area (Å²) in [5, 5.41) is 11.9. The molecule has 0 saturated carbocycles. The van der Waals surface area contributed by atoms with E-state index in [1.54, 1.807) is 42.5 Å². The molecule has 2 heterocycles. The monoisotopic (exact) mass is 438 g/mol. The number of para-hydroxylation sites is 1. The highest BCUT2D eigenvalue weighted by atomic mass is 19.1. The highest BCUT2D eigenvalue weighted by Gasteiger charge is 2.21. The van der Waals surface area contributed by atoms with Crippen LogP contribution in [0.2, 0.25) is 0 Å². The summed E-state index contributed by atoms with van der Waals surface area (Å²) < 4.78 is 20.1. The van der Waals surface area contributed by atoms with E-state index in [1.165, 1.54) is 17.2 Å². The van der Waals surface area contributed by atoms with Gasteiger partial charge in [0.25, 0.3) is 0 Å². The Balaban J connectivity index is 1.48. The number of halogens is 1. The molecule has 0 aliphatic carbocycles. The quantitative estimate of drug-likeness (QED) is 0.470. The van der Waals surface area contributed by atoms with Crippen molar-refractivity contribution < 1.29 is 9.13 Å². The molecule has 1 N–H and O–H groups in total. The first-order valence-electron chi connectivity index (χ1n) is 10.5. The van der Waals surface area contributed by atoms with E-state index in [0.717, 1.165) is 13.0 Å². The third kappa shape index (κ3) is 4.57. The molecule has 1 aromatic heterocycles. The van der Waals surface area contributed by atoms with Crippen molar-refractivity contribution in [2.75, 3.05) is 16.8 Å².